The van der Waals surface area contributed by atoms with E-state index in [9.17, 15) is 4.79 Å². The van der Waals surface area contributed by atoms with E-state index in [-0.39, 0.29) is 11.8 Å². The van der Waals surface area contributed by atoms with Crippen LogP contribution in [0.15, 0.2) is 4.99 Å². The normalized spacial score (nSPS) is 27.9. The molecular weight excluding hydrogens is 240 g/mol. The van der Waals surface area contributed by atoms with Crippen molar-refractivity contribution in [1.29, 1.82) is 0 Å². The second-order valence-corrected chi connectivity index (χ2v) is 5.56. The predicted octanol–water partition coefficient (Wildman–Crippen LogP) is 0.744. The van der Waals surface area contributed by atoms with Gasteiger partial charge >= 0.3 is 0 Å². The Morgan fingerprint density at radius 2 is 2.16 bits per heavy atom. The first-order valence-electron chi connectivity index (χ1n) is 7.48. The van der Waals surface area contributed by atoms with Gasteiger partial charge in [0, 0.05) is 38.1 Å². The summed E-state index contributed by atoms with van der Waals surface area (Å²) < 4.78 is 0. The van der Waals surface area contributed by atoms with Crippen LogP contribution in [0.4, 0.5) is 0 Å². The van der Waals surface area contributed by atoms with Crippen LogP contribution in [0, 0.1) is 5.92 Å². The smallest absolute Gasteiger partial charge is 0.223 e. The Morgan fingerprint density at radius 1 is 1.42 bits per heavy atom. The fraction of sp³-hybridized carbons (Fsp3) is 0.857. The topological polar surface area (TPSA) is 70.7 Å². The molecule has 1 fully saturated rings. The first-order valence-corrected chi connectivity index (χ1v) is 7.48. The zero-order valence-electron chi connectivity index (χ0n) is 11.9. The third-order valence-corrected chi connectivity index (χ3v) is 4.27. The molecule has 1 aliphatic carbocycles. The highest BCUT2D eigenvalue weighted by Crippen LogP contribution is 2.28. The van der Waals surface area contributed by atoms with Crippen molar-refractivity contribution in [2.75, 3.05) is 26.2 Å². The Hall–Kier alpha value is -1.10. The Kier molecular flexibility index (Phi) is 5.19. The molecule has 2 rings (SSSR count). The number of carbonyl (C=O) groups is 1. The van der Waals surface area contributed by atoms with Crippen molar-refractivity contribution < 1.29 is 4.79 Å². The second-order valence-electron chi connectivity index (χ2n) is 5.56. The number of nitrogens with two attached hydrogens (primary N) is 1. The number of amidine groups is 1. The number of nitrogens with zero attached hydrogens (tertiary/aromatic N) is 2. The van der Waals surface area contributed by atoms with E-state index in [0.29, 0.717) is 19.1 Å². The molecule has 0 bridgehead atoms. The van der Waals surface area contributed by atoms with Crippen molar-refractivity contribution in [2.45, 2.75) is 45.1 Å². The molecule has 1 amide bonds. The summed E-state index contributed by atoms with van der Waals surface area (Å²) in [5, 5.41) is 2.90. The van der Waals surface area contributed by atoms with Crippen molar-refractivity contribution in [3.05, 3.63) is 0 Å². The van der Waals surface area contributed by atoms with Gasteiger partial charge in [0.25, 0.3) is 0 Å². The summed E-state index contributed by atoms with van der Waals surface area (Å²) in [5.74, 6) is 1.56. The summed E-state index contributed by atoms with van der Waals surface area (Å²) in [6.45, 7) is 5.32. The fourth-order valence-electron chi connectivity index (χ4n) is 3.17. The minimum Gasteiger partial charge on any atom is -0.358 e. The van der Waals surface area contributed by atoms with Gasteiger partial charge in [0.2, 0.25) is 5.91 Å². The first-order chi connectivity index (χ1) is 9.22. The van der Waals surface area contributed by atoms with Gasteiger partial charge in [-0.2, -0.15) is 0 Å². The quantitative estimate of drug-likeness (QED) is 0.788. The summed E-state index contributed by atoms with van der Waals surface area (Å²) in [6.07, 6.45) is 5.35. The lowest BCUT2D eigenvalue weighted by Crippen LogP contribution is -2.45. The zero-order chi connectivity index (χ0) is 13.7. The van der Waals surface area contributed by atoms with E-state index in [4.69, 9.17) is 5.73 Å². The van der Waals surface area contributed by atoms with Gasteiger partial charge in [-0.1, -0.05) is 0 Å². The van der Waals surface area contributed by atoms with Gasteiger partial charge in [0.15, 0.2) is 0 Å². The number of rotatable bonds is 4. The van der Waals surface area contributed by atoms with E-state index in [1.807, 2.05) is 0 Å². The van der Waals surface area contributed by atoms with Crippen molar-refractivity contribution in [3.8, 4) is 0 Å². The van der Waals surface area contributed by atoms with Crippen molar-refractivity contribution in [1.82, 2.24) is 10.2 Å². The molecule has 0 unspecified atom stereocenters. The highest BCUT2D eigenvalue weighted by molar-refractivity contribution is 5.81. The van der Waals surface area contributed by atoms with Crippen LogP contribution in [0.3, 0.4) is 0 Å². The average Bonchev–Trinajstić information content (AvgIpc) is 2.45. The van der Waals surface area contributed by atoms with Gasteiger partial charge in [-0.05, 0) is 39.0 Å². The Bertz CT molecular complexity index is 334. The standard InChI is InChI=1S/C14H26N4O/c1-11-16-8-2-10-18(11)13-5-3-12(4-6-13)14(19)17-9-7-15/h12-13H,2-10,15H2,1H3,(H,17,19). The van der Waals surface area contributed by atoms with Crippen LogP contribution in [0.1, 0.15) is 39.0 Å². The van der Waals surface area contributed by atoms with Gasteiger partial charge in [-0.3, -0.25) is 9.79 Å². The monoisotopic (exact) mass is 266 g/mol. The lowest BCUT2D eigenvalue weighted by atomic mass is 9.84. The van der Waals surface area contributed by atoms with Crippen LogP contribution in [0.5, 0.6) is 0 Å². The number of hydrogen-bond donors (Lipinski definition) is 2. The maximum Gasteiger partial charge on any atom is 0.223 e. The molecular formula is C14H26N4O. The molecule has 0 aromatic rings. The minimum absolute atomic E-state index is 0.185. The third-order valence-electron chi connectivity index (χ3n) is 4.27. The summed E-state index contributed by atoms with van der Waals surface area (Å²) in [5.41, 5.74) is 5.41. The molecule has 2 aliphatic rings. The maximum absolute atomic E-state index is 11.9. The Balaban J connectivity index is 1.80. The van der Waals surface area contributed by atoms with E-state index < -0.39 is 0 Å². The van der Waals surface area contributed by atoms with E-state index in [0.717, 1.165) is 45.2 Å². The second kappa shape index (κ2) is 6.89. The van der Waals surface area contributed by atoms with Gasteiger partial charge in [-0.15, -0.1) is 0 Å². The van der Waals surface area contributed by atoms with Crippen molar-refractivity contribution in [3.63, 3.8) is 0 Å². The number of aliphatic imine (C=N–C) groups is 1. The average molecular weight is 266 g/mol. The molecule has 5 heteroatoms. The summed E-state index contributed by atoms with van der Waals surface area (Å²) in [4.78, 5) is 18.9. The van der Waals surface area contributed by atoms with Crippen LogP contribution in [0.2, 0.25) is 0 Å². The SMILES string of the molecule is CC1=NCCCN1C1CCC(C(=O)NCCN)CC1. The van der Waals surface area contributed by atoms with Crippen LogP contribution in [-0.4, -0.2) is 48.9 Å². The molecule has 0 aromatic carbocycles. The Morgan fingerprint density at radius 3 is 2.79 bits per heavy atom. The van der Waals surface area contributed by atoms with Gasteiger partial charge < -0.3 is 16.0 Å². The van der Waals surface area contributed by atoms with Gasteiger partial charge in [0.1, 0.15) is 0 Å². The summed E-state index contributed by atoms with van der Waals surface area (Å²) in [6, 6.07) is 0.586. The lowest BCUT2D eigenvalue weighted by Gasteiger charge is -2.39. The van der Waals surface area contributed by atoms with Crippen LogP contribution >= 0.6 is 0 Å². The van der Waals surface area contributed by atoms with Crippen LogP contribution in [-0.2, 0) is 4.79 Å². The van der Waals surface area contributed by atoms with E-state index in [2.05, 4.69) is 22.1 Å². The van der Waals surface area contributed by atoms with Gasteiger partial charge in [-0.25, -0.2) is 0 Å². The molecule has 1 heterocycles. The summed E-state index contributed by atoms with van der Waals surface area (Å²) in [7, 11) is 0. The number of nitrogens with one attached hydrogen (secondary N) is 1. The Labute approximate surface area is 115 Å². The summed E-state index contributed by atoms with van der Waals surface area (Å²) >= 11 is 0. The third kappa shape index (κ3) is 3.69. The van der Waals surface area contributed by atoms with Crippen LogP contribution < -0.4 is 11.1 Å². The minimum atomic E-state index is 0.185. The maximum atomic E-state index is 11.9. The highest BCUT2D eigenvalue weighted by Gasteiger charge is 2.30. The molecule has 0 saturated heterocycles. The molecule has 19 heavy (non-hydrogen) atoms. The molecule has 3 N–H and O–H groups in total. The van der Waals surface area contributed by atoms with E-state index in [1.165, 1.54) is 5.84 Å². The van der Waals surface area contributed by atoms with Gasteiger partial charge in [0.05, 0.1) is 5.84 Å². The molecule has 0 aromatic heterocycles. The molecule has 108 valence electrons. The van der Waals surface area contributed by atoms with E-state index >= 15 is 0 Å². The molecule has 5 nitrogen and oxygen atoms in total. The molecule has 1 saturated carbocycles. The van der Waals surface area contributed by atoms with Crippen molar-refractivity contribution in [2.24, 2.45) is 16.6 Å². The highest BCUT2D eigenvalue weighted by atomic mass is 16.1. The largest absolute Gasteiger partial charge is 0.358 e. The van der Waals surface area contributed by atoms with E-state index in [1.54, 1.807) is 0 Å². The zero-order valence-corrected chi connectivity index (χ0v) is 11.9. The fourth-order valence-corrected chi connectivity index (χ4v) is 3.17. The van der Waals surface area contributed by atoms with Crippen molar-refractivity contribution >= 4 is 11.7 Å². The number of amides is 1. The van der Waals surface area contributed by atoms with Crippen LogP contribution in [0.25, 0.3) is 0 Å². The molecule has 0 atom stereocenters. The molecule has 0 radical (unpaired) electrons. The number of carbonyl (C=O) groups excluding carboxylic acids is 1. The first kappa shape index (κ1) is 14.3. The lowest BCUT2D eigenvalue weighted by molar-refractivity contribution is -0.126. The predicted molar refractivity (Wildman–Crippen MR) is 77.1 cm³/mol. The molecule has 1 aliphatic heterocycles. The molecule has 0 spiro atoms. The number of hydrogen-bond acceptors (Lipinski definition) is 4.